The first-order valence-electron chi connectivity index (χ1n) is 3.89. The summed E-state index contributed by atoms with van der Waals surface area (Å²) in [6.45, 7) is 0.423. The molecule has 4 heteroatoms. The molecule has 1 aromatic rings. The first kappa shape index (κ1) is 9.80. The number of aromatic hydroxyl groups is 1. The Morgan fingerprint density at radius 2 is 2.23 bits per heavy atom. The van der Waals surface area contributed by atoms with Gasteiger partial charge in [-0.25, -0.2) is 0 Å². The van der Waals surface area contributed by atoms with Crippen molar-refractivity contribution >= 4 is 0 Å². The Balaban J connectivity index is 3.07. The first-order chi connectivity index (χ1) is 6.20. The van der Waals surface area contributed by atoms with E-state index in [1.165, 1.54) is 13.2 Å². The van der Waals surface area contributed by atoms with E-state index in [9.17, 15) is 9.50 Å². The van der Waals surface area contributed by atoms with Gasteiger partial charge in [-0.1, -0.05) is 6.07 Å². The Bertz CT molecular complexity index is 302. The lowest BCUT2D eigenvalue weighted by atomic mass is 10.2. The van der Waals surface area contributed by atoms with Crippen molar-refractivity contribution in [1.82, 2.24) is 5.32 Å². The topological polar surface area (TPSA) is 41.5 Å². The van der Waals surface area contributed by atoms with E-state index >= 15 is 0 Å². The molecule has 0 aliphatic heterocycles. The van der Waals surface area contributed by atoms with Crippen molar-refractivity contribution in [3.05, 3.63) is 23.5 Å². The molecule has 0 amide bonds. The van der Waals surface area contributed by atoms with E-state index in [0.717, 1.165) is 0 Å². The van der Waals surface area contributed by atoms with Gasteiger partial charge in [-0.15, -0.1) is 0 Å². The second-order valence-electron chi connectivity index (χ2n) is 2.62. The fourth-order valence-corrected chi connectivity index (χ4v) is 1.08. The lowest BCUT2D eigenvalue weighted by Gasteiger charge is -2.07. The summed E-state index contributed by atoms with van der Waals surface area (Å²) in [5, 5.41) is 12.2. The van der Waals surface area contributed by atoms with Gasteiger partial charge in [-0.3, -0.25) is 0 Å². The molecule has 0 aliphatic rings. The molecule has 0 unspecified atom stereocenters. The molecule has 0 spiro atoms. The van der Waals surface area contributed by atoms with Gasteiger partial charge >= 0.3 is 0 Å². The lowest BCUT2D eigenvalue weighted by Crippen LogP contribution is -2.06. The molecule has 0 saturated heterocycles. The van der Waals surface area contributed by atoms with Crippen molar-refractivity contribution in [2.45, 2.75) is 6.54 Å². The van der Waals surface area contributed by atoms with Crippen LogP contribution in [0.15, 0.2) is 12.1 Å². The lowest BCUT2D eigenvalue weighted by molar-refractivity contribution is 0.361. The maximum Gasteiger partial charge on any atom is 0.206 e. The fraction of sp³-hybridized carbons (Fsp3) is 0.333. The van der Waals surface area contributed by atoms with Crippen molar-refractivity contribution in [2.24, 2.45) is 0 Å². The minimum Gasteiger partial charge on any atom is -0.504 e. The monoisotopic (exact) mass is 185 g/mol. The van der Waals surface area contributed by atoms with Crippen molar-refractivity contribution in [3.8, 4) is 11.5 Å². The average Bonchev–Trinajstić information content (AvgIpc) is 2.14. The maximum atomic E-state index is 13.2. The van der Waals surface area contributed by atoms with Crippen LogP contribution >= 0.6 is 0 Å². The Morgan fingerprint density at radius 1 is 1.54 bits per heavy atom. The third kappa shape index (κ3) is 1.89. The van der Waals surface area contributed by atoms with Crippen LogP contribution in [-0.2, 0) is 6.54 Å². The zero-order valence-corrected chi connectivity index (χ0v) is 7.60. The van der Waals surface area contributed by atoms with Gasteiger partial charge in [0.2, 0.25) is 5.82 Å². The van der Waals surface area contributed by atoms with Gasteiger partial charge in [0.05, 0.1) is 7.11 Å². The zero-order chi connectivity index (χ0) is 9.84. The summed E-state index contributed by atoms with van der Waals surface area (Å²) >= 11 is 0. The highest BCUT2D eigenvalue weighted by atomic mass is 19.1. The van der Waals surface area contributed by atoms with E-state index in [4.69, 9.17) is 4.74 Å². The molecular weight excluding hydrogens is 173 g/mol. The van der Waals surface area contributed by atoms with Gasteiger partial charge in [0.1, 0.15) is 0 Å². The number of nitrogens with one attached hydrogen (secondary N) is 1. The molecule has 1 rings (SSSR count). The van der Waals surface area contributed by atoms with Gasteiger partial charge in [0, 0.05) is 12.1 Å². The summed E-state index contributed by atoms with van der Waals surface area (Å²) < 4.78 is 17.9. The second kappa shape index (κ2) is 4.09. The quantitative estimate of drug-likeness (QED) is 0.744. The number of phenolic OH excluding ortho intramolecular Hbond substituents is 1. The van der Waals surface area contributed by atoms with Gasteiger partial charge < -0.3 is 15.2 Å². The molecule has 0 heterocycles. The highest BCUT2D eigenvalue weighted by Crippen LogP contribution is 2.28. The SMILES string of the molecule is CNCc1ccc(OC)c(F)c1O. The number of ether oxygens (including phenoxy) is 1. The normalized spacial score (nSPS) is 10.1. The zero-order valence-electron chi connectivity index (χ0n) is 7.60. The predicted octanol–water partition coefficient (Wildman–Crippen LogP) is 1.26. The number of hydrogen-bond acceptors (Lipinski definition) is 3. The minimum absolute atomic E-state index is 0.0531. The number of halogens is 1. The largest absolute Gasteiger partial charge is 0.504 e. The van der Waals surface area contributed by atoms with Gasteiger partial charge in [-0.2, -0.15) is 4.39 Å². The summed E-state index contributed by atoms with van der Waals surface area (Å²) in [5.74, 6) is -1.01. The van der Waals surface area contributed by atoms with Crippen molar-refractivity contribution < 1.29 is 14.2 Å². The summed E-state index contributed by atoms with van der Waals surface area (Å²) in [5.41, 5.74) is 0.515. The number of hydrogen-bond donors (Lipinski definition) is 2. The predicted molar refractivity (Wildman–Crippen MR) is 47.4 cm³/mol. The molecule has 0 bridgehead atoms. The number of methoxy groups -OCH3 is 1. The van der Waals surface area contributed by atoms with E-state index in [1.807, 2.05) is 0 Å². The summed E-state index contributed by atoms with van der Waals surface area (Å²) in [7, 11) is 3.08. The van der Waals surface area contributed by atoms with Gasteiger partial charge in [0.25, 0.3) is 0 Å². The van der Waals surface area contributed by atoms with E-state index in [-0.39, 0.29) is 11.5 Å². The van der Waals surface area contributed by atoms with Crippen molar-refractivity contribution in [2.75, 3.05) is 14.2 Å². The molecule has 0 fully saturated rings. The van der Waals surface area contributed by atoms with Crippen LogP contribution in [0, 0.1) is 5.82 Å². The van der Waals surface area contributed by atoms with Crippen molar-refractivity contribution in [3.63, 3.8) is 0 Å². The van der Waals surface area contributed by atoms with Crippen LogP contribution in [-0.4, -0.2) is 19.3 Å². The van der Waals surface area contributed by atoms with Crippen molar-refractivity contribution in [1.29, 1.82) is 0 Å². The van der Waals surface area contributed by atoms with E-state index in [1.54, 1.807) is 13.1 Å². The second-order valence-corrected chi connectivity index (χ2v) is 2.62. The Hall–Kier alpha value is -1.29. The third-order valence-electron chi connectivity index (χ3n) is 1.75. The Morgan fingerprint density at radius 3 is 2.77 bits per heavy atom. The first-order valence-corrected chi connectivity index (χ1v) is 3.89. The number of phenols is 1. The minimum atomic E-state index is -0.713. The Labute approximate surface area is 76.1 Å². The Kier molecular flexibility index (Phi) is 3.08. The molecule has 0 saturated carbocycles. The van der Waals surface area contributed by atoms with Crippen LogP contribution in [0.1, 0.15) is 5.56 Å². The fourth-order valence-electron chi connectivity index (χ4n) is 1.08. The highest BCUT2D eigenvalue weighted by molar-refractivity contribution is 5.41. The summed E-state index contributed by atoms with van der Waals surface area (Å²) in [6, 6.07) is 3.11. The van der Waals surface area contributed by atoms with Crippen LogP contribution in [0.25, 0.3) is 0 Å². The van der Waals surface area contributed by atoms with E-state index in [2.05, 4.69) is 5.32 Å². The maximum absolute atomic E-state index is 13.2. The van der Waals surface area contributed by atoms with E-state index < -0.39 is 5.82 Å². The van der Waals surface area contributed by atoms with Gasteiger partial charge in [-0.05, 0) is 13.1 Å². The molecule has 0 radical (unpaired) electrons. The van der Waals surface area contributed by atoms with Crippen LogP contribution in [0.2, 0.25) is 0 Å². The molecule has 1 aromatic carbocycles. The van der Waals surface area contributed by atoms with Crippen LogP contribution in [0.3, 0.4) is 0 Å². The van der Waals surface area contributed by atoms with Crippen LogP contribution in [0.4, 0.5) is 4.39 Å². The standard InChI is InChI=1S/C9H12FNO2/c1-11-5-6-3-4-7(13-2)8(10)9(6)12/h3-4,11-12H,5H2,1-2H3. The molecule has 72 valence electrons. The van der Waals surface area contributed by atoms with Crippen LogP contribution in [0.5, 0.6) is 11.5 Å². The van der Waals surface area contributed by atoms with Crippen LogP contribution < -0.4 is 10.1 Å². The molecule has 0 aliphatic carbocycles. The third-order valence-corrected chi connectivity index (χ3v) is 1.75. The molecule has 0 aromatic heterocycles. The number of rotatable bonds is 3. The molecule has 2 N–H and O–H groups in total. The van der Waals surface area contributed by atoms with Gasteiger partial charge in [0.15, 0.2) is 11.5 Å². The molecule has 0 atom stereocenters. The van der Waals surface area contributed by atoms with E-state index in [0.29, 0.717) is 12.1 Å². The molecule has 13 heavy (non-hydrogen) atoms. The number of benzene rings is 1. The highest BCUT2D eigenvalue weighted by Gasteiger charge is 2.11. The smallest absolute Gasteiger partial charge is 0.206 e. The molecule has 3 nitrogen and oxygen atoms in total. The summed E-state index contributed by atoms with van der Waals surface area (Å²) in [6.07, 6.45) is 0. The average molecular weight is 185 g/mol. The molecular formula is C9H12FNO2. The summed E-state index contributed by atoms with van der Waals surface area (Å²) in [4.78, 5) is 0.